The number of aryl methyl sites for hydroxylation is 1. The van der Waals surface area contributed by atoms with Gasteiger partial charge < -0.3 is 0 Å². The minimum atomic E-state index is -3.86. The van der Waals surface area contributed by atoms with E-state index < -0.39 is 10.0 Å². The summed E-state index contributed by atoms with van der Waals surface area (Å²) in [6.07, 6.45) is 0. The van der Waals surface area contributed by atoms with E-state index in [0.717, 1.165) is 43.4 Å². The Kier molecular flexibility index (Phi) is 5.46. The first-order chi connectivity index (χ1) is 17.5. The zero-order valence-electron chi connectivity index (χ0n) is 19.9. The van der Waals surface area contributed by atoms with Crippen molar-refractivity contribution < 1.29 is 8.42 Å². The lowest BCUT2D eigenvalue weighted by Crippen LogP contribution is -2.30. The Morgan fingerprint density at radius 3 is 2.00 bits per heavy atom. The van der Waals surface area contributed by atoms with Crippen LogP contribution in [0.5, 0.6) is 0 Å². The molecule has 0 radical (unpaired) electrons. The van der Waals surface area contributed by atoms with Crippen molar-refractivity contribution in [3.63, 3.8) is 0 Å². The van der Waals surface area contributed by atoms with Crippen LogP contribution in [-0.4, -0.2) is 8.42 Å². The summed E-state index contributed by atoms with van der Waals surface area (Å²) in [5.41, 5.74) is 2.63. The summed E-state index contributed by atoms with van der Waals surface area (Å²) >= 11 is 0. The van der Waals surface area contributed by atoms with Crippen LogP contribution in [0.4, 0.5) is 5.69 Å². The number of sulfonamides is 1. The van der Waals surface area contributed by atoms with Gasteiger partial charge in [0.05, 0.1) is 17.1 Å². The number of fused-ring (bicyclic) bond motifs is 5. The highest BCUT2D eigenvalue weighted by Crippen LogP contribution is 2.41. The normalized spacial score (nSPS) is 11.8. The Balaban J connectivity index is 1.71. The molecular weight excluding hydrogens is 462 g/mol. The summed E-state index contributed by atoms with van der Waals surface area (Å²) in [4.78, 5) is 0.283. The van der Waals surface area contributed by atoms with Crippen LogP contribution >= 0.6 is 0 Å². The van der Waals surface area contributed by atoms with E-state index in [0.29, 0.717) is 5.69 Å². The predicted molar refractivity (Wildman–Crippen MR) is 150 cm³/mol. The molecule has 0 fully saturated rings. The summed E-state index contributed by atoms with van der Waals surface area (Å²) in [6.45, 7) is 2.19. The highest BCUT2D eigenvalue weighted by Gasteiger charge is 2.28. The number of anilines is 1. The Morgan fingerprint density at radius 1 is 0.611 bits per heavy atom. The van der Waals surface area contributed by atoms with Gasteiger partial charge in [0.1, 0.15) is 0 Å². The smallest absolute Gasteiger partial charge is 0.261 e. The van der Waals surface area contributed by atoms with Gasteiger partial charge in [-0.15, -0.1) is 0 Å². The molecule has 3 nitrogen and oxygen atoms in total. The molecule has 0 aliphatic rings. The molecule has 0 heterocycles. The number of hydrogen-bond donors (Lipinski definition) is 0. The molecule has 0 atom stereocenters. The van der Waals surface area contributed by atoms with E-state index in [1.165, 1.54) is 0 Å². The average molecular weight is 488 g/mol. The Labute approximate surface area is 211 Å². The van der Waals surface area contributed by atoms with Crippen LogP contribution < -0.4 is 4.31 Å². The quantitative estimate of drug-likeness (QED) is 0.232. The van der Waals surface area contributed by atoms with Gasteiger partial charge in [-0.3, -0.25) is 4.31 Å². The second kappa shape index (κ2) is 8.81. The van der Waals surface area contributed by atoms with Gasteiger partial charge in [-0.05, 0) is 57.6 Å². The molecule has 0 unspecified atom stereocenters. The maximum Gasteiger partial charge on any atom is 0.264 e. The molecule has 0 bridgehead atoms. The number of hydrogen-bond acceptors (Lipinski definition) is 2. The van der Waals surface area contributed by atoms with Crippen molar-refractivity contribution in [2.24, 2.45) is 0 Å². The van der Waals surface area contributed by atoms with Gasteiger partial charge in [-0.2, -0.15) is 0 Å². The van der Waals surface area contributed by atoms with Crippen LogP contribution in [0.1, 0.15) is 11.1 Å². The van der Waals surface area contributed by atoms with Crippen molar-refractivity contribution in [3.8, 4) is 0 Å². The Bertz CT molecular complexity index is 1830. The van der Waals surface area contributed by atoms with Gasteiger partial charge in [0.15, 0.2) is 0 Å². The molecule has 6 aromatic rings. The highest BCUT2D eigenvalue weighted by atomic mass is 32.2. The number of rotatable bonds is 5. The minimum absolute atomic E-state index is 0.230. The number of nitrogens with zero attached hydrogens (tertiary/aromatic N) is 1. The van der Waals surface area contributed by atoms with Gasteiger partial charge in [0, 0.05) is 5.39 Å². The Morgan fingerprint density at radius 2 is 1.25 bits per heavy atom. The second-order valence-electron chi connectivity index (χ2n) is 9.14. The molecule has 0 amide bonds. The largest absolute Gasteiger partial charge is 0.264 e. The third-order valence-electron chi connectivity index (χ3n) is 6.78. The SMILES string of the molecule is Cc1ccc(S(=O)(=O)N(Cc2ccccc2)c2cc3ccccc3c3ccc4ccccc4c23)cc1. The molecule has 0 saturated carbocycles. The molecule has 36 heavy (non-hydrogen) atoms. The summed E-state index contributed by atoms with van der Waals surface area (Å²) < 4.78 is 30.2. The van der Waals surface area contributed by atoms with Crippen molar-refractivity contribution in [1.29, 1.82) is 0 Å². The van der Waals surface area contributed by atoms with Crippen molar-refractivity contribution in [2.75, 3.05) is 4.31 Å². The zero-order valence-corrected chi connectivity index (χ0v) is 20.7. The molecule has 0 aromatic heterocycles. The van der Waals surface area contributed by atoms with Crippen LogP contribution in [0.25, 0.3) is 32.3 Å². The van der Waals surface area contributed by atoms with E-state index in [2.05, 4.69) is 30.3 Å². The lowest BCUT2D eigenvalue weighted by molar-refractivity contribution is 0.590. The van der Waals surface area contributed by atoms with Gasteiger partial charge >= 0.3 is 0 Å². The van der Waals surface area contributed by atoms with E-state index in [9.17, 15) is 8.42 Å². The Hall–Kier alpha value is -4.15. The lowest BCUT2D eigenvalue weighted by Gasteiger charge is -2.27. The number of benzene rings is 6. The van der Waals surface area contributed by atoms with Crippen LogP contribution in [0.15, 0.2) is 126 Å². The maximum absolute atomic E-state index is 14.3. The van der Waals surface area contributed by atoms with E-state index in [4.69, 9.17) is 0 Å². The van der Waals surface area contributed by atoms with E-state index in [-0.39, 0.29) is 11.4 Å². The van der Waals surface area contributed by atoms with Crippen molar-refractivity contribution in [2.45, 2.75) is 18.4 Å². The molecule has 0 N–H and O–H groups in total. The molecular formula is C32H25NO2S. The van der Waals surface area contributed by atoms with Crippen LogP contribution in [0, 0.1) is 6.92 Å². The van der Waals surface area contributed by atoms with Crippen LogP contribution in [-0.2, 0) is 16.6 Å². The summed E-state index contributed by atoms with van der Waals surface area (Å²) in [5.74, 6) is 0. The molecule has 6 aromatic carbocycles. The first kappa shape index (κ1) is 22.3. The zero-order chi connectivity index (χ0) is 24.7. The molecule has 6 rings (SSSR count). The van der Waals surface area contributed by atoms with E-state index in [1.54, 1.807) is 16.4 Å². The highest BCUT2D eigenvalue weighted by molar-refractivity contribution is 7.92. The maximum atomic E-state index is 14.3. The minimum Gasteiger partial charge on any atom is -0.261 e. The van der Waals surface area contributed by atoms with E-state index in [1.807, 2.05) is 85.8 Å². The molecule has 0 aliphatic carbocycles. The third kappa shape index (κ3) is 3.80. The molecule has 0 spiro atoms. The van der Waals surface area contributed by atoms with Crippen molar-refractivity contribution in [3.05, 3.63) is 132 Å². The molecule has 176 valence electrons. The van der Waals surface area contributed by atoms with Crippen molar-refractivity contribution >= 4 is 48.0 Å². The van der Waals surface area contributed by atoms with Gasteiger partial charge in [0.25, 0.3) is 10.0 Å². The fraction of sp³-hybridized carbons (Fsp3) is 0.0625. The van der Waals surface area contributed by atoms with Gasteiger partial charge in [0.2, 0.25) is 0 Å². The molecule has 4 heteroatoms. The molecule has 0 saturated heterocycles. The van der Waals surface area contributed by atoms with E-state index >= 15 is 0 Å². The predicted octanol–water partition coefficient (Wildman–Crippen LogP) is 7.85. The second-order valence-corrected chi connectivity index (χ2v) is 11.0. The van der Waals surface area contributed by atoms with Crippen LogP contribution in [0.3, 0.4) is 0 Å². The van der Waals surface area contributed by atoms with Crippen molar-refractivity contribution in [1.82, 2.24) is 0 Å². The fourth-order valence-corrected chi connectivity index (χ4v) is 6.40. The van der Waals surface area contributed by atoms with Gasteiger partial charge in [-0.25, -0.2) is 8.42 Å². The standard InChI is InChI=1S/C32H25NO2S/c1-23-15-18-27(19-16-23)36(34,35)33(22-24-9-3-2-4-10-24)31-21-26-12-6-7-13-28(26)30-20-17-25-11-5-8-14-29(25)32(30)31/h2-21H,22H2,1H3. The summed E-state index contributed by atoms with van der Waals surface area (Å²) in [6, 6.07) is 39.5. The lowest BCUT2D eigenvalue weighted by atomic mass is 9.95. The summed E-state index contributed by atoms with van der Waals surface area (Å²) in [5, 5.41) is 6.21. The summed E-state index contributed by atoms with van der Waals surface area (Å²) in [7, 11) is -3.86. The first-order valence-corrected chi connectivity index (χ1v) is 13.4. The fourth-order valence-electron chi connectivity index (χ4n) is 4.94. The topological polar surface area (TPSA) is 37.4 Å². The average Bonchev–Trinajstić information content (AvgIpc) is 2.92. The van der Waals surface area contributed by atoms with Gasteiger partial charge in [-0.1, -0.05) is 109 Å². The molecule has 0 aliphatic heterocycles. The third-order valence-corrected chi connectivity index (χ3v) is 8.55. The first-order valence-electron chi connectivity index (χ1n) is 12.0. The van der Waals surface area contributed by atoms with Crippen LogP contribution in [0.2, 0.25) is 0 Å². The monoisotopic (exact) mass is 487 g/mol.